The number of rotatable bonds is 7. The number of fused-ring (bicyclic) bond motifs is 1. The SMILES string of the molecule is COc1cc(OC)cc(C(=O)N(CCN2CCOCC2)c2nc3c(C)ccc(Cl)c3s2)c1.Cl. The molecule has 0 spiro atoms. The Morgan fingerprint density at radius 2 is 1.85 bits per heavy atom. The number of amides is 1. The monoisotopic (exact) mass is 511 g/mol. The van der Waals surface area contributed by atoms with E-state index in [4.69, 9.17) is 30.8 Å². The Morgan fingerprint density at radius 3 is 2.45 bits per heavy atom. The van der Waals surface area contributed by atoms with Crippen LogP contribution in [0.2, 0.25) is 5.02 Å². The number of anilines is 1. The number of hydrogen-bond donors (Lipinski definition) is 0. The topological polar surface area (TPSA) is 64.1 Å². The number of carbonyl (C=O) groups excluding carboxylic acids is 1. The molecule has 1 fully saturated rings. The second-order valence-corrected chi connectivity index (χ2v) is 8.94. The minimum Gasteiger partial charge on any atom is -0.497 e. The van der Waals surface area contributed by atoms with E-state index in [2.05, 4.69) is 4.90 Å². The van der Waals surface area contributed by atoms with E-state index >= 15 is 0 Å². The molecule has 0 saturated carbocycles. The van der Waals surface area contributed by atoms with Gasteiger partial charge in [-0.05, 0) is 30.7 Å². The first-order chi connectivity index (χ1) is 15.5. The van der Waals surface area contributed by atoms with Gasteiger partial charge in [0.05, 0.1) is 42.7 Å². The van der Waals surface area contributed by atoms with Gasteiger partial charge in [0.25, 0.3) is 5.91 Å². The van der Waals surface area contributed by atoms with Crippen LogP contribution in [-0.4, -0.2) is 69.4 Å². The number of halogens is 2. The number of aromatic nitrogens is 1. The van der Waals surface area contributed by atoms with Crippen LogP contribution in [0.1, 0.15) is 15.9 Å². The molecule has 1 aliphatic rings. The van der Waals surface area contributed by atoms with Gasteiger partial charge in [0, 0.05) is 37.8 Å². The molecular weight excluding hydrogens is 485 g/mol. The van der Waals surface area contributed by atoms with Crippen molar-refractivity contribution in [3.8, 4) is 11.5 Å². The molecular formula is C23H27Cl2N3O4S. The van der Waals surface area contributed by atoms with Crippen LogP contribution in [0.4, 0.5) is 5.13 Å². The third-order valence-electron chi connectivity index (χ3n) is 5.50. The molecule has 1 saturated heterocycles. The Balaban J connectivity index is 0.00000306. The van der Waals surface area contributed by atoms with Gasteiger partial charge in [-0.1, -0.05) is 29.0 Å². The van der Waals surface area contributed by atoms with Crippen molar-refractivity contribution in [2.45, 2.75) is 6.92 Å². The molecule has 2 heterocycles. The zero-order chi connectivity index (χ0) is 22.7. The van der Waals surface area contributed by atoms with Crippen molar-refractivity contribution in [1.29, 1.82) is 0 Å². The van der Waals surface area contributed by atoms with E-state index in [0.717, 1.165) is 35.4 Å². The highest BCUT2D eigenvalue weighted by Crippen LogP contribution is 2.36. The predicted octanol–water partition coefficient (Wildman–Crippen LogP) is 4.68. The molecule has 0 radical (unpaired) electrons. The molecule has 0 unspecified atom stereocenters. The van der Waals surface area contributed by atoms with E-state index < -0.39 is 0 Å². The maximum atomic E-state index is 13.7. The predicted molar refractivity (Wildman–Crippen MR) is 135 cm³/mol. The van der Waals surface area contributed by atoms with Crippen molar-refractivity contribution in [2.24, 2.45) is 0 Å². The first-order valence-electron chi connectivity index (χ1n) is 10.4. The minimum atomic E-state index is -0.164. The average Bonchev–Trinajstić information content (AvgIpc) is 3.28. The van der Waals surface area contributed by atoms with Crippen molar-refractivity contribution >= 4 is 56.6 Å². The van der Waals surface area contributed by atoms with Gasteiger partial charge >= 0.3 is 0 Å². The zero-order valence-corrected chi connectivity index (χ0v) is 21.2. The number of nitrogens with zero attached hydrogens (tertiary/aromatic N) is 3. The van der Waals surface area contributed by atoms with Crippen LogP contribution in [0.15, 0.2) is 30.3 Å². The van der Waals surface area contributed by atoms with Crippen molar-refractivity contribution in [1.82, 2.24) is 9.88 Å². The third kappa shape index (κ3) is 5.70. The van der Waals surface area contributed by atoms with E-state index in [1.807, 2.05) is 19.1 Å². The summed E-state index contributed by atoms with van der Waals surface area (Å²) in [5.41, 5.74) is 2.32. The van der Waals surface area contributed by atoms with Crippen molar-refractivity contribution in [2.75, 3.05) is 58.5 Å². The Labute approximate surface area is 208 Å². The molecule has 1 aromatic heterocycles. The fourth-order valence-corrected chi connectivity index (χ4v) is 4.98. The standard InChI is InChI=1S/C23H26ClN3O4S.ClH/c1-15-4-5-19(24)21-20(15)25-23(32-21)27(7-6-26-8-10-31-11-9-26)22(28)16-12-17(29-2)14-18(13-16)30-3;/h4-5,12-14H,6-11H2,1-3H3;1H. The van der Waals surface area contributed by atoms with Gasteiger partial charge in [0.2, 0.25) is 0 Å². The Kier molecular flexibility index (Phi) is 8.78. The van der Waals surface area contributed by atoms with Crippen LogP contribution < -0.4 is 14.4 Å². The first-order valence-corrected chi connectivity index (χ1v) is 11.6. The number of carbonyl (C=O) groups is 1. The Morgan fingerprint density at radius 1 is 1.18 bits per heavy atom. The van der Waals surface area contributed by atoms with E-state index in [1.54, 1.807) is 37.3 Å². The number of ether oxygens (including phenoxy) is 3. The molecule has 1 amide bonds. The van der Waals surface area contributed by atoms with Gasteiger partial charge in [-0.2, -0.15) is 0 Å². The summed E-state index contributed by atoms with van der Waals surface area (Å²) in [6.07, 6.45) is 0. The summed E-state index contributed by atoms with van der Waals surface area (Å²) in [4.78, 5) is 22.5. The molecule has 0 bridgehead atoms. The highest BCUT2D eigenvalue weighted by molar-refractivity contribution is 7.23. The van der Waals surface area contributed by atoms with Crippen LogP contribution in [0.5, 0.6) is 11.5 Å². The highest BCUT2D eigenvalue weighted by Gasteiger charge is 2.25. The van der Waals surface area contributed by atoms with Crippen molar-refractivity contribution < 1.29 is 19.0 Å². The molecule has 0 aliphatic carbocycles. The maximum Gasteiger partial charge on any atom is 0.260 e. The van der Waals surface area contributed by atoms with Crippen LogP contribution in [0.25, 0.3) is 10.2 Å². The average molecular weight is 512 g/mol. The minimum absolute atomic E-state index is 0. The first kappa shape index (κ1) is 25.5. The third-order valence-corrected chi connectivity index (χ3v) is 7.04. The van der Waals surface area contributed by atoms with Gasteiger partial charge in [-0.3, -0.25) is 14.6 Å². The molecule has 1 aliphatic heterocycles. The number of hydrogen-bond acceptors (Lipinski definition) is 7. The summed E-state index contributed by atoms with van der Waals surface area (Å²) in [6, 6.07) is 9.00. The summed E-state index contributed by atoms with van der Waals surface area (Å²) >= 11 is 7.87. The number of benzene rings is 2. The fraction of sp³-hybridized carbons (Fsp3) is 0.391. The largest absolute Gasteiger partial charge is 0.497 e. The van der Waals surface area contributed by atoms with Crippen LogP contribution in [0, 0.1) is 6.92 Å². The van der Waals surface area contributed by atoms with Crippen molar-refractivity contribution in [3.05, 3.63) is 46.5 Å². The van der Waals surface area contributed by atoms with E-state index in [9.17, 15) is 4.79 Å². The molecule has 178 valence electrons. The van der Waals surface area contributed by atoms with Crippen LogP contribution in [-0.2, 0) is 4.74 Å². The molecule has 7 nitrogen and oxygen atoms in total. The summed E-state index contributed by atoms with van der Waals surface area (Å²) in [5, 5.41) is 1.26. The molecule has 4 rings (SSSR count). The van der Waals surface area contributed by atoms with Gasteiger partial charge < -0.3 is 14.2 Å². The lowest BCUT2D eigenvalue weighted by Crippen LogP contribution is -2.43. The summed E-state index contributed by atoms with van der Waals surface area (Å²) < 4.78 is 17.1. The molecule has 10 heteroatoms. The number of methoxy groups -OCH3 is 2. The molecule has 3 aromatic rings. The zero-order valence-electron chi connectivity index (χ0n) is 18.8. The molecule has 0 N–H and O–H groups in total. The van der Waals surface area contributed by atoms with E-state index in [1.165, 1.54) is 11.3 Å². The van der Waals surface area contributed by atoms with Gasteiger partial charge in [0.1, 0.15) is 11.5 Å². The van der Waals surface area contributed by atoms with Gasteiger partial charge in [0.15, 0.2) is 5.13 Å². The second-order valence-electron chi connectivity index (χ2n) is 7.55. The highest BCUT2D eigenvalue weighted by atomic mass is 35.5. The quantitative estimate of drug-likeness (QED) is 0.458. The second kappa shape index (κ2) is 11.4. The summed E-state index contributed by atoms with van der Waals surface area (Å²) in [6.45, 7) is 6.32. The summed E-state index contributed by atoms with van der Waals surface area (Å²) in [7, 11) is 3.13. The Bertz CT molecular complexity index is 1060. The smallest absolute Gasteiger partial charge is 0.260 e. The molecule has 33 heavy (non-hydrogen) atoms. The fourth-order valence-electron chi connectivity index (χ4n) is 3.64. The lowest BCUT2D eigenvalue weighted by atomic mass is 10.1. The van der Waals surface area contributed by atoms with Gasteiger partial charge in [-0.25, -0.2) is 4.98 Å². The van der Waals surface area contributed by atoms with Crippen LogP contribution >= 0.6 is 35.3 Å². The number of aryl methyl sites for hydroxylation is 1. The van der Waals surface area contributed by atoms with Gasteiger partial charge in [-0.15, -0.1) is 12.4 Å². The number of thiazole rings is 1. The van der Waals surface area contributed by atoms with Crippen LogP contribution in [0.3, 0.4) is 0 Å². The van der Waals surface area contributed by atoms with E-state index in [0.29, 0.717) is 47.0 Å². The lowest BCUT2D eigenvalue weighted by Gasteiger charge is -2.29. The maximum absolute atomic E-state index is 13.7. The normalized spacial score (nSPS) is 14.1. The van der Waals surface area contributed by atoms with Crippen molar-refractivity contribution in [3.63, 3.8) is 0 Å². The summed E-state index contributed by atoms with van der Waals surface area (Å²) in [5.74, 6) is 0.955. The van der Waals surface area contributed by atoms with E-state index in [-0.39, 0.29) is 18.3 Å². The molecule has 0 atom stereocenters. The lowest BCUT2D eigenvalue weighted by molar-refractivity contribution is 0.0391. The molecule has 2 aromatic carbocycles. The number of morpholine rings is 1. The Hall–Kier alpha value is -2.10.